The van der Waals surface area contributed by atoms with E-state index in [9.17, 15) is 5.11 Å². The minimum absolute atomic E-state index is 0.153. The van der Waals surface area contributed by atoms with Gasteiger partial charge in [-0.1, -0.05) is 27.2 Å². The van der Waals surface area contributed by atoms with E-state index in [0.717, 1.165) is 57.9 Å². The monoisotopic (exact) mass is 339 g/mol. The van der Waals surface area contributed by atoms with Crippen molar-refractivity contribution in [3.05, 3.63) is 0 Å². The summed E-state index contributed by atoms with van der Waals surface area (Å²) in [4.78, 5) is 4.82. The number of hydrogen-bond donors (Lipinski definition) is 3. The summed E-state index contributed by atoms with van der Waals surface area (Å²) in [5.74, 6) is 1.70. The lowest BCUT2D eigenvalue weighted by atomic mass is 9.78. The first-order valence-electron chi connectivity index (χ1n) is 9.73. The summed E-state index contributed by atoms with van der Waals surface area (Å²) in [7, 11) is 0. The molecule has 0 spiro atoms. The van der Waals surface area contributed by atoms with Crippen LogP contribution in [0.4, 0.5) is 0 Å². The molecule has 5 nitrogen and oxygen atoms in total. The zero-order valence-corrected chi connectivity index (χ0v) is 16.0. The molecule has 2 fully saturated rings. The molecular formula is C19H37N3O2. The van der Waals surface area contributed by atoms with Gasteiger partial charge in [-0.15, -0.1) is 0 Å². The molecule has 1 heterocycles. The van der Waals surface area contributed by atoms with Gasteiger partial charge in [0.2, 0.25) is 0 Å². The van der Waals surface area contributed by atoms with Gasteiger partial charge in [0, 0.05) is 38.1 Å². The third kappa shape index (κ3) is 5.62. The first-order valence-corrected chi connectivity index (χ1v) is 9.73. The van der Waals surface area contributed by atoms with Crippen LogP contribution in [-0.4, -0.2) is 49.5 Å². The molecule has 2 rings (SSSR count). The van der Waals surface area contributed by atoms with E-state index in [1.807, 2.05) is 0 Å². The maximum absolute atomic E-state index is 9.97. The Bertz CT molecular complexity index is 406. The van der Waals surface area contributed by atoms with Crippen LogP contribution < -0.4 is 10.6 Å². The van der Waals surface area contributed by atoms with E-state index in [1.165, 1.54) is 6.42 Å². The van der Waals surface area contributed by atoms with Crippen LogP contribution in [0.2, 0.25) is 0 Å². The number of hydrogen-bond acceptors (Lipinski definition) is 3. The van der Waals surface area contributed by atoms with Gasteiger partial charge >= 0.3 is 0 Å². The molecular weight excluding hydrogens is 302 g/mol. The van der Waals surface area contributed by atoms with Crippen molar-refractivity contribution < 1.29 is 9.84 Å². The molecule has 1 saturated heterocycles. The van der Waals surface area contributed by atoms with Crippen LogP contribution >= 0.6 is 0 Å². The Balaban J connectivity index is 1.91. The third-order valence-corrected chi connectivity index (χ3v) is 5.28. The van der Waals surface area contributed by atoms with Crippen LogP contribution in [0, 0.1) is 17.3 Å². The van der Waals surface area contributed by atoms with Crippen molar-refractivity contribution in [2.24, 2.45) is 22.2 Å². The van der Waals surface area contributed by atoms with Crippen LogP contribution in [0.25, 0.3) is 0 Å². The van der Waals surface area contributed by atoms with Crippen molar-refractivity contribution in [1.82, 2.24) is 10.6 Å². The molecule has 0 radical (unpaired) electrons. The zero-order chi connectivity index (χ0) is 17.6. The largest absolute Gasteiger partial charge is 0.393 e. The normalized spacial score (nSPS) is 32.0. The summed E-state index contributed by atoms with van der Waals surface area (Å²) in [5.41, 5.74) is 0.153. The second-order valence-corrected chi connectivity index (χ2v) is 8.42. The highest BCUT2D eigenvalue weighted by molar-refractivity contribution is 5.79. The predicted octanol–water partition coefficient (Wildman–Crippen LogP) is 2.54. The standard InChI is InChI=1S/C19H37N3O2/c1-5-20-18(21-12-14-8-6-10-16(14)23)22-13-15-9-7-11-24-17(15)19(2,3)4/h14-17,23H,5-13H2,1-4H3,(H2,20,21,22). The van der Waals surface area contributed by atoms with Gasteiger partial charge in [-0.3, -0.25) is 4.99 Å². The minimum Gasteiger partial charge on any atom is -0.393 e. The summed E-state index contributed by atoms with van der Waals surface area (Å²) in [6.07, 6.45) is 5.61. The molecule has 0 bridgehead atoms. The second kappa shape index (κ2) is 9.04. The highest BCUT2D eigenvalue weighted by Gasteiger charge is 2.35. The van der Waals surface area contributed by atoms with Crippen molar-refractivity contribution in [3.8, 4) is 0 Å². The molecule has 4 atom stereocenters. The van der Waals surface area contributed by atoms with Crippen molar-refractivity contribution in [2.75, 3.05) is 26.2 Å². The Hall–Kier alpha value is -0.810. The molecule has 3 N–H and O–H groups in total. The first kappa shape index (κ1) is 19.5. The maximum atomic E-state index is 9.97. The van der Waals surface area contributed by atoms with Gasteiger partial charge in [0.1, 0.15) is 0 Å². The van der Waals surface area contributed by atoms with E-state index in [2.05, 4.69) is 38.3 Å². The molecule has 1 saturated carbocycles. The molecule has 0 aromatic heterocycles. The molecule has 0 aromatic carbocycles. The number of aliphatic hydroxyl groups is 1. The lowest BCUT2D eigenvalue weighted by molar-refractivity contribution is -0.0823. The number of guanidine groups is 1. The van der Waals surface area contributed by atoms with E-state index < -0.39 is 0 Å². The molecule has 4 unspecified atom stereocenters. The summed E-state index contributed by atoms with van der Waals surface area (Å²) in [6, 6.07) is 0. The number of nitrogens with one attached hydrogen (secondary N) is 2. The Morgan fingerprint density at radius 1 is 1.12 bits per heavy atom. The van der Waals surface area contributed by atoms with Crippen LogP contribution in [0.15, 0.2) is 4.99 Å². The lowest BCUT2D eigenvalue weighted by Crippen LogP contribution is -2.43. The molecule has 0 aromatic rings. The van der Waals surface area contributed by atoms with Gasteiger partial charge in [0.05, 0.1) is 12.2 Å². The molecule has 140 valence electrons. The van der Waals surface area contributed by atoms with Gasteiger partial charge in [0.25, 0.3) is 0 Å². The van der Waals surface area contributed by atoms with E-state index in [4.69, 9.17) is 9.73 Å². The average molecular weight is 340 g/mol. The SMILES string of the molecule is CCNC(=NCC1CCCOC1C(C)(C)C)NCC1CCCC1O. The fourth-order valence-electron chi connectivity index (χ4n) is 4.02. The van der Waals surface area contributed by atoms with E-state index >= 15 is 0 Å². The lowest BCUT2D eigenvalue weighted by Gasteiger charge is -2.39. The molecule has 2 aliphatic rings. The summed E-state index contributed by atoms with van der Waals surface area (Å²) in [6.45, 7) is 12.2. The zero-order valence-electron chi connectivity index (χ0n) is 16.0. The van der Waals surface area contributed by atoms with Gasteiger partial charge in [-0.25, -0.2) is 0 Å². The van der Waals surface area contributed by atoms with Crippen LogP contribution in [0.3, 0.4) is 0 Å². The number of aliphatic hydroxyl groups excluding tert-OH is 1. The predicted molar refractivity (Wildman–Crippen MR) is 99.2 cm³/mol. The van der Waals surface area contributed by atoms with Crippen LogP contribution in [-0.2, 0) is 4.74 Å². The first-order chi connectivity index (χ1) is 11.4. The van der Waals surface area contributed by atoms with E-state index in [-0.39, 0.29) is 17.6 Å². The average Bonchev–Trinajstić information content (AvgIpc) is 2.94. The maximum Gasteiger partial charge on any atom is 0.191 e. The van der Waals surface area contributed by atoms with Crippen LogP contribution in [0.5, 0.6) is 0 Å². The highest BCUT2D eigenvalue weighted by atomic mass is 16.5. The summed E-state index contributed by atoms with van der Waals surface area (Å²) >= 11 is 0. The molecule has 0 amide bonds. The van der Waals surface area contributed by atoms with Crippen molar-refractivity contribution >= 4 is 5.96 Å². The Morgan fingerprint density at radius 2 is 1.88 bits per heavy atom. The minimum atomic E-state index is -0.155. The fourth-order valence-corrected chi connectivity index (χ4v) is 4.02. The quantitative estimate of drug-likeness (QED) is 0.532. The number of ether oxygens (including phenoxy) is 1. The third-order valence-electron chi connectivity index (χ3n) is 5.28. The number of aliphatic imine (C=N–C) groups is 1. The topological polar surface area (TPSA) is 65.9 Å². The molecule has 1 aliphatic heterocycles. The Kier molecular flexibility index (Phi) is 7.35. The molecule has 1 aliphatic carbocycles. The fraction of sp³-hybridized carbons (Fsp3) is 0.947. The summed E-state index contributed by atoms with van der Waals surface area (Å²) < 4.78 is 6.06. The van der Waals surface area contributed by atoms with Crippen molar-refractivity contribution in [2.45, 2.75) is 72.0 Å². The molecule has 24 heavy (non-hydrogen) atoms. The Morgan fingerprint density at radius 3 is 2.50 bits per heavy atom. The molecule has 5 heteroatoms. The second-order valence-electron chi connectivity index (χ2n) is 8.42. The van der Waals surface area contributed by atoms with Gasteiger partial charge in [-0.2, -0.15) is 0 Å². The van der Waals surface area contributed by atoms with Crippen LogP contribution in [0.1, 0.15) is 59.8 Å². The number of nitrogens with zero attached hydrogens (tertiary/aromatic N) is 1. The van der Waals surface area contributed by atoms with Gasteiger partial charge in [-0.05, 0) is 38.0 Å². The van der Waals surface area contributed by atoms with E-state index in [0.29, 0.717) is 11.8 Å². The highest BCUT2D eigenvalue weighted by Crippen LogP contribution is 2.34. The Labute approximate surface area is 147 Å². The van der Waals surface area contributed by atoms with Crippen molar-refractivity contribution in [3.63, 3.8) is 0 Å². The number of rotatable bonds is 5. The van der Waals surface area contributed by atoms with Gasteiger partial charge < -0.3 is 20.5 Å². The smallest absolute Gasteiger partial charge is 0.191 e. The summed E-state index contributed by atoms with van der Waals surface area (Å²) in [5, 5.41) is 16.7. The van der Waals surface area contributed by atoms with E-state index in [1.54, 1.807) is 0 Å². The van der Waals surface area contributed by atoms with Crippen molar-refractivity contribution in [1.29, 1.82) is 0 Å². The van der Waals surface area contributed by atoms with Gasteiger partial charge in [0.15, 0.2) is 5.96 Å².